The van der Waals surface area contributed by atoms with Crippen LogP contribution in [-0.4, -0.2) is 36.1 Å². The van der Waals surface area contributed by atoms with Gasteiger partial charge in [-0.05, 0) is 59.6 Å². The van der Waals surface area contributed by atoms with Crippen LogP contribution < -0.4 is 27.2 Å². The number of carbonyl (C=O) groups is 1. The lowest BCUT2D eigenvalue weighted by Crippen LogP contribution is -2.28. The highest BCUT2D eigenvalue weighted by Gasteiger charge is 2.15. The number of primary amides is 1. The van der Waals surface area contributed by atoms with Crippen molar-refractivity contribution in [3.05, 3.63) is 65.4 Å². The summed E-state index contributed by atoms with van der Waals surface area (Å²) in [5.74, 6) is 1.61. The van der Waals surface area contributed by atoms with Crippen LogP contribution >= 0.6 is 0 Å². The number of amides is 1. The first-order chi connectivity index (χ1) is 18.5. The molecule has 4 rings (SSSR count). The summed E-state index contributed by atoms with van der Waals surface area (Å²) in [6.45, 7) is 4.37. The first-order valence-electron chi connectivity index (χ1n) is 13.3. The number of rotatable bonds is 13. The predicted octanol–water partition coefficient (Wildman–Crippen LogP) is 4.60. The molecule has 0 atom stereocenters. The number of hydrogen-bond acceptors (Lipinski definition) is 8. The molecule has 1 aliphatic rings. The van der Waals surface area contributed by atoms with E-state index in [0.717, 1.165) is 34.7 Å². The maximum Gasteiger partial charge on any atom is 0.231 e. The average molecular weight is 518 g/mol. The van der Waals surface area contributed by atoms with E-state index in [2.05, 4.69) is 63.7 Å². The summed E-state index contributed by atoms with van der Waals surface area (Å²) >= 11 is 0. The van der Waals surface area contributed by atoms with Gasteiger partial charge in [-0.25, -0.2) is 4.98 Å². The van der Waals surface area contributed by atoms with E-state index in [4.69, 9.17) is 15.6 Å². The third kappa shape index (κ3) is 7.66. The summed E-state index contributed by atoms with van der Waals surface area (Å²) in [5.41, 5.74) is 14.6. The van der Waals surface area contributed by atoms with Gasteiger partial charge in [0, 0.05) is 19.6 Å². The van der Waals surface area contributed by atoms with Gasteiger partial charge in [-0.2, -0.15) is 4.98 Å². The highest BCUT2D eigenvalue weighted by atomic mass is 16.6. The maximum absolute atomic E-state index is 11.0. The van der Waals surface area contributed by atoms with Crippen LogP contribution in [0.5, 0.6) is 0 Å². The fraction of sp³-hybridized carbons (Fsp3) is 0.414. The molecule has 9 heteroatoms. The fourth-order valence-corrected chi connectivity index (χ4v) is 4.96. The zero-order chi connectivity index (χ0) is 26.7. The van der Waals surface area contributed by atoms with E-state index in [1.165, 1.54) is 43.2 Å². The van der Waals surface area contributed by atoms with Crippen LogP contribution in [0.15, 0.2) is 48.7 Å². The van der Waals surface area contributed by atoms with Crippen molar-refractivity contribution in [1.29, 1.82) is 0 Å². The molecule has 0 saturated heterocycles. The molecule has 3 aromatic rings. The van der Waals surface area contributed by atoms with Gasteiger partial charge in [0.15, 0.2) is 5.82 Å². The van der Waals surface area contributed by atoms with Crippen LogP contribution in [0.1, 0.15) is 48.8 Å². The highest BCUT2D eigenvalue weighted by molar-refractivity contribution is 5.76. The Bertz CT molecular complexity index is 1210. The quantitative estimate of drug-likeness (QED) is 0.208. The molecule has 0 unspecified atom stereocenters. The molecule has 1 amide bonds. The van der Waals surface area contributed by atoms with Crippen molar-refractivity contribution in [3.63, 3.8) is 0 Å². The summed E-state index contributed by atoms with van der Waals surface area (Å²) in [7, 11) is 1.58. The Kier molecular flexibility index (Phi) is 9.89. The number of hydrogen-bond donors (Lipinski definition) is 5. The van der Waals surface area contributed by atoms with Gasteiger partial charge in [-0.3, -0.25) is 15.1 Å². The monoisotopic (exact) mass is 517 g/mol. The number of benzene rings is 2. The largest absolute Gasteiger partial charge is 0.369 e. The third-order valence-corrected chi connectivity index (χ3v) is 7.03. The minimum Gasteiger partial charge on any atom is -0.369 e. The van der Waals surface area contributed by atoms with Gasteiger partial charge in [0.25, 0.3) is 0 Å². The number of carbonyl (C=O) groups excluding carboxylic acids is 1. The normalized spacial score (nSPS) is 13.7. The molecule has 0 spiro atoms. The van der Waals surface area contributed by atoms with Crippen molar-refractivity contribution in [1.82, 2.24) is 15.3 Å². The van der Waals surface area contributed by atoms with Crippen molar-refractivity contribution in [2.24, 2.45) is 11.7 Å². The molecule has 2 aromatic carbocycles. The van der Waals surface area contributed by atoms with Gasteiger partial charge in [0.05, 0.1) is 19.9 Å². The Balaban J connectivity index is 1.44. The van der Waals surface area contributed by atoms with E-state index in [1.54, 1.807) is 13.3 Å². The van der Waals surface area contributed by atoms with Gasteiger partial charge in [-0.1, -0.05) is 55.7 Å². The van der Waals surface area contributed by atoms with Crippen LogP contribution in [0.2, 0.25) is 0 Å². The lowest BCUT2D eigenvalue weighted by Gasteiger charge is -2.22. The minimum absolute atomic E-state index is 0.160. The lowest BCUT2D eigenvalue weighted by molar-refractivity contribution is -0.117. The molecule has 9 nitrogen and oxygen atoms in total. The second-order valence-electron chi connectivity index (χ2n) is 9.86. The van der Waals surface area contributed by atoms with Gasteiger partial charge < -0.3 is 21.7 Å². The highest BCUT2D eigenvalue weighted by Crippen LogP contribution is 2.28. The van der Waals surface area contributed by atoms with Gasteiger partial charge in [0.2, 0.25) is 11.9 Å². The number of aromatic nitrogens is 2. The zero-order valence-corrected chi connectivity index (χ0v) is 22.3. The van der Waals surface area contributed by atoms with Crippen LogP contribution in [0.4, 0.5) is 17.5 Å². The molecule has 1 saturated carbocycles. The Labute approximate surface area is 224 Å². The van der Waals surface area contributed by atoms with Crippen LogP contribution in [0.3, 0.4) is 0 Å². The van der Waals surface area contributed by atoms with Crippen molar-refractivity contribution >= 4 is 23.4 Å². The van der Waals surface area contributed by atoms with E-state index >= 15 is 0 Å². The Hall–Kier alpha value is -3.69. The Morgan fingerprint density at radius 1 is 1.08 bits per heavy atom. The number of nitrogens with zero attached hydrogens (tertiary/aromatic N) is 2. The Morgan fingerprint density at radius 3 is 2.68 bits per heavy atom. The molecule has 38 heavy (non-hydrogen) atoms. The summed E-state index contributed by atoms with van der Waals surface area (Å²) < 4.78 is 0. The average Bonchev–Trinajstić information content (AvgIpc) is 2.93. The first kappa shape index (κ1) is 27.3. The SMILES string of the molecule is CONc1cnc(NCc2cccc(-c3cccc(CNCC(N)=O)c3)c2C)nc1NCC1CCCCC1. The van der Waals surface area contributed by atoms with Gasteiger partial charge in [0.1, 0.15) is 5.69 Å². The topological polar surface area (TPSA) is 126 Å². The molecular weight excluding hydrogens is 478 g/mol. The number of nitrogens with two attached hydrogens (primary N) is 1. The standard InChI is InChI=1S/C29H39N7O2/c1-20-24(12-7-13-25(20)23-11-6-10-22(14-23)15-31-19-27(30)37)17-33-29-34-18-26(36-38-2)28(35-29)32-16-21-8-4-3-5-9-21/h6-7,10-14,18,21,31,36H,3-5,8-9,15-17,19H2,1-2H3,(H2,30,37)(H2,32,33,34,35). The second kappa shape index (κ2) is 13.7. The lowest BCUT2D eigenvalue weighted by atomic mass is 9.89. The molecule has 0 radical (unpaired) electrons. The molecule has 1 fully saturated rings. The molecule has 0 bridgehead atoms. The molecule has 202 valence electrons. The summed E-state index contributed by atoms with van der Waals surface area (Å²) in [4.78, 5) is 25.4. The van der Waals surface area contributed by atoms with Gasteiger partial charge in [-0.15, -0.1) is 0 Å². The number of nitrogens with one attached hydrogen (secondary N) is 4. The molecular formula is C29H39N7O2. The van der Waals surface area contributed by atoms with E-state index in [-0.39, 0.29) is 12.5 Å². The molecule has 1 aromatic heterocycles. The van der Waals surface area contributed by atoms with Crippen molar-refractivity contribution in [2.75, 3.05) is 36.3 Å². The van der Waals surface area contributed by atoms with E-state index in [1.807, 2.05) is 12.1 Å². The molecule has 0 aliphatic heterocycles. The maximum atomic E-state index is 11.0. The first-order valence-corrected chi connectivity index (χ1v) is 13.3. The molecule has 1 aliphatic carbocycles. The molecule has 1 heterocycles. The minimum atomic E-state index is -0.363. The Morgan fingerprint density at radius 2 is 1.89 bits per heavy atom. The van der Waals surface area contributed by atoms with Crippen molar-refractivity contribution in [3.8, 4) is 11.1 Å². The van der Waals surface area contributed by atoms with Crippen LogP contribution in [-0.2, 0) is 22.7 Å². The van der Waals surface area contributed by atoms with Crippen LogP contribution in [0.25, 0.3) is 11.1 Å². The van der Waals surface area contributed by atoms with Crippen molar-refractivity contribution in [2.45, 2.75) is 52.1 Å². The second-order valence-corrected chi connectivity index (χ2v) is 9.86. The van der Waals surface area contributed by atoms with Gasteiger partial charge >= 0.3 is 0 Å². The zero-order valence-electron chi connectivity index (χ0n) is 22.3. The van der Waals surface area contributed by atoms with E-state index in [9.17, 15) is 4.79 Å². The summed E-state index contributed by atoms with van der Waals surface area (Å²) in [6, 6.07) is 14.6. The molecule has 6 N–H and O–H groups in total. The van der Waals surface area contributed by atoms with E-state index < -0.39 is 0 Å². The van der Waals surface area contributed by atoms with E-state index in [0.29, 0.717) is 25.0 Å². The predicted molar refractivity (Wildman–Crippen MR) is 153 cm³/mol. The smallest absolute Gasteiger partial charge is 0.231 e. The third-order valence-electron chi connectivity index (χ3n) is 7.03. The summed E-state index contributed by atoms with van der Waals surface area (Å²) in [6.07, 6.45) is 8.22. The van der Waals surface area contributed by atoms with Crippen LogP contribution in [0, 0.1) is 12.8 Å². The number of anilines is 3. The summed E-state index contributed by atoms with van der Waals surface area (Å²) in [5, 5.41) is 9.98. The van der Waals surface area contributed by atoms with Crippen molar-refractivity contribution < 1.29 is 9.63 Å². The fourth-order valence-electron chi connectivity index (χ4n) is 4.96.